The van der Waals surface area contributed by atoms with E-state index >= 15 is 0 Å². The SMILES string of the molecule is Cc1cccc2c1C(CN1CCNCC1)CN2C. The van der Waals surface area contributed by atoms with E-state index in [9.17, 15) is 0 Å². The van der Waals surface area contributed by atoms with E-state index in [0.29, 0.717) is 5.92 Å². The maximum Gasteiger partial charge on any atom is 0.0403 e. The maximum atomic E-state index is 3.43. The van der Waals surface area contributed by atoms with E-state index in [1.54, 1.807) is 5.56 Å². The summed E-state index contributed by atoms with van der Waals surface area (Å²) in [5, 5.41) is 3.43. The summed E-state index contributed by atoms with van der Waals surface area (Å²) >= 11 is 0. The van der Waals surface area contributed by atoms with Gasteiger partial charge >= 0.3 is 0 Å². The Bertz CT molecular complexity index is 424. The number of rotatable bonds is 2. The van der Waals surface area contributed by atoms with Crippen molar-refractivity contribution in [1.29, 1.82) is 0 Å². The van der Waals surface area contributed by atoms with Crippen LogP contribution in [0.25, 0.3) is 0 Å². The molecule has 0 amide bonds. The average molecular weight is 245 g/mol. The van der Waals surface area contributed by atoms with Crippen molar-refractivity contribution < 1.29 is 0 Å². The minimum atomic E-state index is 0.685. The van der Waals surface area contributed by atoms with Crippen molar-refractivity contribution in [2.24, 2.45) is 0 Å². The first-order valence-electron chi connectivity index (χ1n) is 6.99. The van der Waals surface area contributed by atoms with Gasteiger partial charge in [-0.1, -0.05) is 12.1 Å². The lowest BCUT2D eigenvalue weighted by Crippen LogP contribution is -2.45. The minimum absolute atomic E-state index is 0.685. The van der Waals surface area contributed by atoms with E-state index in [0.717, 1.165) is 13.1 Å². The predicted octanol–water partition coefficient (Wildman–Crippen LogP) is 1.43. The molecule has 0 radical (unpaired) electrons. The molecule has 2 heterocycles. The third-order valence-corrected chi connectivity index (χ3v) is 4.30. The van der Waals surface area contributed by atoms with E-state index in [-0.39, 0.29) is 0 Å². The summed E-state index contributed by atoms with van der Waals surface area (Å²) in [4.78, 5) is 5.02. The highest BCUT2D eigenvalue weighted by molar-refractivity contribution is 5.62. The molecule has 3 rings (SSSR count). The molecule has 3 heteroatoms. The number of benzene rings is 1. The van der Waals surface area contributed by atoms with E-state index in [4.69, 9.17) is 0 Å². The van der Waals surface area contributed by atoms with Crippen molar-refractivity contribution in [2.45, 2.75) is 12.8 Å². The van der Waals surface area contributed by atoms with Crippen LogP contribution in [0.15, 0.2) is 18.2 Å². The zero-order chi connectivity index (χ0) is 12.5. The molecule has 0 spiro atoms. The molecule has 1 fully saturated rings. The molecule has 0 aliphatic carbocycles. The number of nitrogens with one attached hydrogen (secondary N) is 1. The Morgan fingerprint density at radius 3 is 2.83 bits per heavy atom. The second-order valence-electron chi connectivity index (χ2n) is 5.64. The monoisotopic (exact) mass is 245 g/mol. The molecule has 1 aromatic rings. The number of nitrogens with zero attached hydrogens (tertiary/aromatic N) is 2. The van der Waals surface area contributed by atoms with Crippen molar-refractivity contribution in [3.8, 4) is 0 Å². The standard InChI is InChI=1S/C15H23N3/c1-12-4-3-5-14-15(12)13(10-17(14)2)11-18-8-6-16-7-9-18/h3-5,13,16H,6-11H2,1-2H3. The molecule has 2 aliphatic rings. The maximum absolute atomic E-state index is 3.43. The molecule has 98 valence electrons. The van der Waals surface area contributed by atoms with Crippen LogP contribution in [0.2, 0.25) is 0 Å². The van der Waals surface area contributed by atoms with Crippen molar-refractivity contribution >= 4 is 5.69 Å². The third-order valence-electron chi connectivity index (χ3n) is 4.30. The van der Waals surface area contributed by atoms with Crippen LogP contribution in [0.1, 0.15) is 17.0 Å². The lowest BCUT2D eigenvalue weighted by atomic mass is 9.96. The summed E-state index contributed by atoms with van der Waals surface area (Å²) in [5.74, 6) is 0.685. The first kappa shape index (κ1) is 12.0. The van der Waals surface area contributed by atoms with E-state index in [1.165, 1.54) is 37.4 Å². The van der Waals surface area contributed by atoms with Gasteiger partial charge in [-0.2, -0.15) is 0 Å². The van der Waals surface area contributed by atoms with Gasteiger partial charge in [0.05, 0.1) is 0 Å². The van der Waals surface area contributed by atoms with Gasteiger partial charge in [0.1, 0.15) is 0 Å². The highest BCUT2D eigenvalue weighted by atomic mass is 15.2. The summed E-state index contributed by atoms with van der Waals surface area (Å²) in [6.45, 7) is 9.31. The van der Waals surface area contributed by atoms with Gasteiger partial charge in [0.25, 0.3) is 0 Å². The van der Waals surface area contributed by atoms with Gasteiger partial charge in [-0.15, -0.1) is 0 Å². The van der Waals surface area contributed by atoms with Gasteiger partial charge in [0.2, 0.25) is 0 Å². The fourth-order valence-corrected chi connectivity index (χ4v) is 3.40. The van der Waals surface area contributed by atoms with E-state index < -0.39 is 0 Å². The topological polar surface area (TPSA) is 18.5 Å². The molecule has 3 nitrogen and oxygen atoms in total. The number of piperazine rings is 1. The molecule has 2 aliphatic heterocycles. The van der Waals surface area contributed by atoms with Gasteiger partial charge in [-0.3, -0.25) is 0 Å². The lowest BCUT2D eigenvalue weighted by Gasteiger charge is -2.30. The van der Waals surface area contributed by atoms with Gasteiger partial charge in [0, 0.05) is 57.9 Å². The normalized spacial score (nSPS) is 24.3. The molecular weight excluding hydrogens is 222 g/mol. The smallest absolute Gasteiger partial charge is 0.0403 e. The second-order valence-corrected chi connectivity index (χ2v) is 5.64. The average Bonchev–Trinajstić information content (AvgIpc) is 2.69. The van der Waals surface area contributed by atoms with Crippen LogP contribution >= 0.6 is 0 Å². The molecular formula is C15H23N3. The molecule has 1 aromatic carbocycles. The van der Waals surface area contributed by atoms with Crippen LogP contribution < -0.4 is 10.2 Å². The van der Waals surface area contributed by atoms with Crippen LogP contribution in [0.5, 0.6) is 0 Å². The predicted molar refractivity (Wildman–Crippen MR) is 76.5 cm³/mol. The molecule has 1 N–H and O–H groups in total. The molecule has 0 saturated carbocycles. The largest absolute Gasteiger partial charge is 0.374 e. The second kappa shape index (κ2) is 4.90. The fourth-order valence-electron chi connectivity index (χ4n) is 3.40. The Balaban J connectivity index is 1.79. The summed E-state index contributed by atoms with van der Waals surface area (Å²) in [5.41, 5.74) is 4.48. The zero-order valence-electron chi connectivity index (χ0n) is 11.4. The number of aryl methyl sites for hydroxylation is 1. The summed E-state index contributed by atoms with van der Waals surface area (Å²) in [7, 11) is 2.22. The zero-order valence-corrected chi connectivity index (χ0v) is 11.4. The van der Waals surface area contributed by atoms with Gasteiger partial charge in [0.15, 0.2) is 0 Å². The molecule has 1 saturated heterocycles. The first-order chi connectivity index (χ1) is 8.75. The highest BCUT2D eigenvalue weighted by Crippen LogP contribution is 2.37. The quantitative estimate of drug-likeness (QED) is 0.850. The van der Waals surface area contributed by atoms with Crippen molar-refractivity contribution in [2.75, 3.05) is 51.2 Å². The molecule has 1 unspecified atom stereocenters. The van der Waals surface area contributed by atoms with Crippen molar-refractivity contribution in [3.05, 3.63) is 29.3 Å². The van der Waals surface area contributed by atoms with Crippen LogP contribution in [0.4, 0.5) is 5.69 Å². The number of hydrogen-bond donors (Lipinski definition) is 1. The summed E-state index contributed by atoms with van der Waals surface area (Å²) < 4.78 is 0. The Kier molecular flexibility index (Phi) is 3.27. The number of likely N-dealkylation sites (N-methyl/N-ethyl adjacent to an activating group) is 1. The summed E-state index contributed by atoms with van der Waals surface area (Å²) in [6, 6.07) is 6.70. The van der Waals surface area contributed by atoms with Crippen LogP contribution in [-0.4, -0.2) is 51.2 Å². The Hall–Kier alpha value is -1.06. The Labute approximate surface area is 110 Å². The van der Waals surface area contributed by atoms with Crippen LogP contribution in [0.3, 0.4) is 0 Å². The van der Waals surface area contributed by atoms with Crippen molar-refractivity contribution in [1.82, 2.24) is 10.2 Å². The Morgan fingerprint density at radius 1 is 1.28 bits per heavy atom. The first-order valence-corrected chi connectivity index (χ1v) is 6.99. The van der Waals surface area contributed by atoms with E-state index in [1.807, 2.05) is 0 Å². The van der Waals surface area contributed by atoms with E-state index in [2.05, 4.69) is 47.3 Å². The molecule has 0 aromatic heterocycles. The van der Waals surface area contributed by atoms with Crippen molar-refractivity contribution in [3.63, 3.8) is 0 Å². The van der Waals surface area contributed by atoms with Gasteiger partial charge in [-0.25, -0.2) is 0 Å². The molecule has 0 bridgehead atoms. The number of fused-ring (bicyclic) bond motifs is 1. The van der Waals surface area contributed by atoms with Gasteiger partial charge in [-0.05, 0) is 24.1 Å². The third kappa shape index (κ3) is 2.13. The molecule has 18 heavy (non-hydrogen) atoms. The number of hydrogen-bond acceptors (Lipinski definition) is 3. The fraction of sp³-hybridized carbons (Fsp3) is 0.600. The highest BCUT2D eigenvalue weighted by Gasteiger charge is 2.29. The number of anilines is 1. The lowest BCUT2D eigenvalue weighted by molar-refractivity contribution is 0.229. The van der Waals surface area contributed by atoms with Gasteiger partial charge < -0.3 is 15.1 Å². The minimum Gasteiger partial charge on any atom is -0.374 e. The van der Waals surface area contributed by atoms with Crippen LogP contribution in [-0.2, 0) is 0 Å². The molecule has 1 atom stereocenters. The van der Waals surface area contributed by atoms with Crippen LogP contribution in [0, 0.1) is 6.92 Å². The summed E-state index contributed by atoms with van der Waals surface area (Å²) in [6.07, 6.45) is 0. The Morgan fingerprint density at radius 2 is 2.06 bits per heavy atom.